The van der Waals surface area contributed by atoms with E-state index >= 15 is 0 Å². The zero-order chi connectivity index (χ0) is 17.4. The summed E-state index contributed by atoms with van der Waals surface area (Å²) in [6, 6.07) is 0. The highest BCUT2D eigenvalue weighted by molar-refractivity contribution is 8.00. The van der Waals surface area contributed by atoms with E-state index in [2.05, 4.69) is 10.2 Å². The number of amides is 1. The molecule has 2 rings (SSSR count). The van der Waals surface area contributed by atoms with Crippen molar-refractivity contribution in [3.8, 4) is 0 Å². The summed E-state index contributed by atoms with van der Waals surface area (Å²) >= 11 is 1.35. The van der Waals surface area contributed by atoms with Crippen LogP contribution in [0.5, 0.6) is 0 Å². The minimum atomic E-state index is -0.903. The highest BCUT2D eigenvalue weighted by Crippen LogP contribution is 2.42. The number of carboxylic acid groups (broad SMARTS) is 1. The Hall–Kier alpha value is -1.77. The third-order valence-electron chi connectivity index (χ3n) is 3.44. The van der Waals surface area contributed by atoms with Crippen LogP contribution < -0.4 is 0 Å². The van der Waals surface area contributed by atoms with Gasteiger partial charge in [-0.2, -0.15) is 0 Å². The van der Waals surface area contributed by atoms with Crippen molar-refractivity contribution in [2.45, 2.75) is 49.6 Å². The zero-order valence-corrected chi connectivity index (χ0v) is 14.8. The topological polar surface area (TPSA) is 97.5 Å². The number of nitrogens with zero attached hydrogens (tertiary/aromatic N) is 4. The number of hydrogen-bond acceptors (Lipinski definition) is 6. The van der Waals surface area contributed by atoms with Gasteiger partial charge in [-0.15, -0.1) is 10.2 Å². The number of thioether (sulfide) groups is 1. The first kappa shape index (κ1) is 17.6. The number of carbonyl (C=O) groups excluding carboxylic acids is 1. The molecule has 8 nitrogen and oxygen atoms in total. The summed E-state index contributed by atoms with van der Waals surface area (Å²) in [5.74, 6) is -0.151. The molecule has 1 fully saturated rings. The van der Waals surface area contributed by atoms with Crippen LogP contribution in [0.1, 0.15) is 33.0 Å². The fraction of sp³-hybridized carbons (Fsp3) is 0.714. The maximum Gasteiger partial charge on any atom is 0.410 e. The third kappa shape index (κ3) is 4.15. The summed E-state index contributed by atoms with van der Waals surface area (Å²) < 4.78 is 6.52. The molecule has 2 heterocycles. The Kier molecular flexibility index (Phi) is 4.61. The Labute approximate surface area is 139 Å². The van der Waals surface area contributed by atoms with Gasteiger partial charge in [-0.1, -0.05) is 11.8 Å². The van der Waals surface area contributed by atoms with Gasteiger partial charge in [0.2, 0.25) is 0 Å². The number of rotatable bonds is 4. The average molecular weight is 342 g/mol. The normalized spacial score (nSPS) is 16.8. The standard InChI is InChI=1S/C14H22N4O4S/c1-9-15-16-11(17(9)5)23-14(6-10(19)20)7-18(8-14)12(21)22-13(2,3)4/h6-8H2,1-5H3,(H,19,20). The van der Waals surface area contributed by atoms with Crippen molar-refractivity contribution >= 4 is 23.8 Å². The number of ether oxygens (including phenoxy) is 1. The lowest BCUT2D eigenvalue weighted by atomic mass is 9.95. The number of aromatic nitrogens is 3. The second kappa shape index (κ2) is 6.03. The fourth-order valence-electron chi connectivity index (χ4n) is 2.26. The molecule has 1 aromatic rings. The van der Waals surface area contributed by atoms with Crippen LogP contribution >= 0.6 is 11.8 Å². The summed E-state index contributed by atoms with van der Waals surface area (Å²) in [5.41, 5.74) is -0.573. The van der Waals surface area contributed by atoms with Gasteiger partial charge in [0.1, 0.15) is 11.4 Å². The summed E-state index contributed by atoms with van der Waals surface area (Å²) in [6.07, 6.45) is -0.476. The first-order valence-electron chi connectivity index (χ1n) is 7.26. The predicted molar refractivity (Wildman–Crippen MR) is 84.4 cm³/mol. The molecule has 0 aliphatic carbocycles. The summed E-state index contributed by atoms with van der Waals surface area (Å²) in [7, 11) is 1.83. The number of carboxylic acids is 1. The number of carbonyl (C=O) groups is 2. The minimum absolute atomic E-state index is 0.0527. The molecule has 0 spiro atoms. The van der Waals surface area contributed by atoms with Crippen molar-refractivity contribution in [1.82, 2.24) is 19.7 Å². The van der Waals surface area contributed by atoms with Gasteiger partial charge in [0.15, 0.2) is 5.16 Å². The van der Waals surface area contributed by atoms with Gasteiger partial charge in [0.25, 0.3) is 0 Å². The highest BCUT2D eigenvalue weighted by atomic mass is 32.2. The summed E-state index contributed by atoms with van der Waals surface area (Å²) in [5, 5.41) is 17.9. The number of aliphatic carboxylic acids is 1. The number of aryl methyl sites for hydroxylation is 1. The molecule has 9 heteroatoms. The van der Waals surface area contributed by atoms with Crippen molar-refractivity contribution in [3.63, 3.8) is 0 Å². The monoisotopic (exact) mass is 342 g/mol. The zero-order valence-electron chi connectivity index (χ0n) is 14.0. The van der Waals surface area contributed by atoms with Crippen molar-refractivity contribution < 1.29 is 19.4 Å². The van der Waals surface area contributed by atoms with Gasteiger partial charge >= 0.3 is 12.1 Å². The Morgan fingerprint density at radius 3 is 2.39 bits per heavy atom. The van der Waals surface area contributed by atoms with Crippen LogP contribution in [-0.2, 0) is 16.6 Å². The van der Waals surface area contributed by atoms with E-state index in [1.54, 1.807) is 20.8 Å². The molecule has 1 aliphatic heterocycles. The van der Waals surface area contributed by atoms with Gasteiger partial charge < -0.3 is 19.3 Å². The Morgan fingerprint density at radius 1 is 1.35 bits per heavy atom. The molecule has 0 aromatic carbocycles. The summed E-state index contributed by atoms with van der Waals surface area (Å²) in [4.78, 5) is 24.8. The minimum Gasteiger partial charge on any atom is -0.481 e. The Morgan fingerprint density at radius 2 is 1.96 bits per heavy atom. The molecule has 1 N–H and O–H groups in total. The molecule has 0 saturated carbocycles. The van der Waals surface area contributed by atoms with E-state index in [1.165, 1.54) is 16.7 Å². The molecule has 128 valence electrons. The van der Waals surface area contributed by atoms with E-state index < -0.39 is 22.4 Å². The highest BCUT2D eigenvalue weighted by Gasteiger charge is 2.49. The van der Waals surface area contributed by atoms with E-state index in [9.17, 15) is 14.7 Å². The van der Waals surface area contributed by atoms with Crippen LogP contribution in [0, 0.1) is 6.92 Å². The molecule has 1 amide bonds. The average Bonchev–Trinajstić information content (AvgIpc) is 2.64. The molecule has 1 aliphatic rings. The molecular weight excluding hydrogens is 320 g/mol. The fourth-order valence-corrected chi connectivity index (χ4v) is 3.64. The molecule has 0 atom stereocenters. The molecule has 0 bridgehead atoms. The lowest BCUT2D eigenvalue weighted by molar-refractivity contribution is -0.138. The van der Waals surface area contributed by atoms with Crippen molar-refractivity contribution in [2.24, 2.45) is 7.05 Å². The molecule has 1 aromatic heterocycles. The molecular formula is C14H22N4O4S. The van der Waals surface area contributed by atoms with Gasteiger partial charge in [-0.05, 0) is 27.7 Å². The predicted octanol–water partition coefficient (Wildman–Crippen LogP) is 1.68. The number of hydrogen-bond donors (Lipinski definition) is 1. The molecule has 1 saturated heterocycles. The van der Waals surface area contributed by atoms with Crippen LogP contribution in [0.2, 0.25) is 0 Å². The van der Waals surface area contributed by atoms with Crippen LogP contribution in [-0.4, -0.2) is 60.3 Å². The van der Waals surface area contributed by atoms with Crippen LogP contribution in [0.15, 0.2) is 5.16 Å². The van der Waals surface area contributed by atoms with Crippen molar-refractivity contribution in [1.29, 1.82) is 0 Å². The van der Waals surface area contributed by atoms with E-state index in [-0.39, 0.29) is 6.42 Å². The van der Waals surface area contributed by atoms with Gasteiger partial charge in [-0.3, -0.25) is 4.79 Å². The first-order valence-corrected chi connectivity index (χ1v) is 8.08. The second-order valence-corrected chi connectivity index (χ2v) is 8.22. The number of likely N-dealkylation sites (tertiary alicyclic amines) is 1. The first-order chi connectivity index (χ1) is 10.5. The van der Waals surface area contributed by atoms with E-state index in [1.807, 2.05) is 18.5 Å². The second-order valence-electron chi connectivity index (χ2n) is 6.78. The Bertz CT molecular complexity index is 617. The van der Waals surface area contributed by atoms with Gasteiger partial charge in [0.05, 0.1) is 11.2 Å². The lowest BCUT2D eigenvalue weighted by Crippen LogP contribution is -2.63. The lowest BCUT2D eigenvalue weighted by Gasteiger charge is -2.48. The third-order valence-corrected chi connectivity index (χ3v) is 4.82. The van der Waals surface area contributed by atoms with Crippen LogP contribution in [0.4, 0.5) is 4.79 Å². The van der Waals surface area contributed by atoms with E-state index in [0.717, 1.165) is 5.82 Å². The molecule has 0 radical (unpaired) electrons. The largest absolute Gasteiger partial charge is 0.481 e. The van der Waals surface area contributed by atoms with Gasteiger partial charge in [0, 0.05) is 20.1 Å². The quantitative estimate of drug-likeness (QED) is 0.889. The maximum atomic E-state index is 12.1. The molecule has 23 heavy (non-hydrogen) atoms. The SMILES string of the molecule is Cc1nnc(SC2(CC(=O)O)CN(C(=O)OC(C)(C)C)C2)n1C. The maximum absolute atomic E-state index is 12.1. The van der Waals surface area contributed by atoms with Crippen molar-refractivity contribution in [2.75, 3.05) is 13.1 Å². The summed E-state index contributed by atoms with van der Waals surface area (Å²) in [6.45, 7) is 7.84. The van der Waals surface area contributed by atoms with E-state index in [4.69, 9.17) is 4.74 Å². The van der Waals surface area contributed by atoms with Crippen molar-refractivity contribution in [3.05, 3.63) is 5.82 Å². The molecule has 0 unspecified atom stereocenters. The van der Waals surface area contributed by atoms with Gasteiger partial charge in [-0.25, -0.2) is 4.79 Å². The van der Waals surface area contributed by atoms with E-state index in [0.29, 0.717) is 18.2 Å². The smallest absolute Gasteiger partial charge is 0.410 e. The van der Waals surface area contributed by atoms with Crippen LogP contribution in [0.3, 0.4) is 0 Å². The van der Waals surface area contributed by atoms with Crippen LogP contribution in [0.25, 0.3) is 0 Å². The Balaban J connectivity index is 2.07.